The van der Waals surface area contributed by atoms with E-state index in [2.05, 4.69) is 41.3 Å². The van der Waals surface area contributed by atoms with Gasteiger partial charge in [-0.1, -0.05) is 26.0 Å². The van der Waals surface area contributed by atoms with Crippen molar-refractivity contribution in [3.05, 3.63) is 47.2 Å². The Morgan fingerprint density at radius 3 is 2.48 bits per heavy atom. The van der Waals surface area contributed by atoms with E-state index < -0.39 is 0 Å². The van der Waals surface area contributed by atoms with Crippen molar-refractivity contribution in [2.75, 3.05) is 5.32 Å². The molecule has 5 nitrogen and oxygen atoms in total. The smallest absolute Gasteiger partial charge is 0.216 e. The number of hydrogen-bond donors (Lipinski definition) is 2. The molecule has 0 amide bonds. The molecule has 0 saturated carbocycles. The number of nitrogens with one attached hydrogen (secondary N) is 1. The fourth-order valence-electron chi connectivity index (χ4n) is 2.08. The van der Waals surface area contributed by atoms with Gasteiger partial charge in [-0.25, -0.2) is 9.98 Å². The molecular formula is C17H25IN4O. The molecule has 2 rings (SSSR count). The molecule has 0 fully saturated rings. The number of halogens is 1. The number of guanidine groups is 1. The van der Waals surface area contributed by atoms with Gasteiger partial charge in [0.15, 0.2) is 5.96 Å². The maximum Gasteiger partial charge on any atom is 0.216 e. The minimum absolute atomic E-state index is 0. The first-order valence-corrected chi connectivity index (χ1v) is 7.59. The summed E-state index contributed by atoms with van der Waals surface area (Å²) in [6.07, 6.45) is 1.13. The number of hydrogen-bond acceptors (Lipinski definition) is 3. The predicted octanol–water partition coefficient (Wildman–Crippen LogP) is 4.35. The third-order valence-corrected chi connectivity index (χ3v) is 3.82. The van der Waals surface area contributed by atoms with E-state index in [1.165, 1.54) is 5.56 Å². The zero-order chi connectivity index (χ0) is 16.1. The van der Waals surface area contributed by atoms with Crippen LogP contribution in [0.1, 0.15) is 49.1 Å². The average molecular weight is 428 g/mol. The second-order valence-electron chi connectivity index (χ2n) is 5.51. The van der Waals surface area contributed by atoms with Gasteiger partial charge < -0.3 is 15.5 Å². The molecule has 0 spiro atoms. The molecule has 0 radical (unpaired) electrons. The number of nitrogens with zero attached hydrogens (tertiary/aromatic N) is 2. The van der Waals surface area contributed by atoms with Gasteiger partial charge in [-0.05, 0) is 43.9 Å². The highest BCUT2D eigenvalue weighted by Crippen LogP contribution is 2.20. The zero-order valence-electron chi connectivity index (χ0n) is 14.1. The topological polar surface area (TPSA) is 76.4 Å². The SMILES string of the molecule is CCC(C)c1ccc(NC(N)=NCc2nc(C)c(C)o2)cc1.I. The molecule has 0 bridgehead atoms. The second kappa shape index (κ2) is 8.90. The first-order valence-electron chi connectivity index (χ1n) is 7.59. The minimum atomic E-state index is 0. The number of benzene rings is 1. The van der Waals surface area contributed by atoms with Crippen molar-refractivity contribution >= 4 is 35.6 Å². The summed E-state index contributed by atoms with van der Waals surface area (Å²) in [5.41, 5.74) is 9.03. The van der Waals surface area contributed by atoms with Crippen LogP contribution >= 0.6 is 24.0 Å². The molecule has 1 unspecified atom stereocenters. The van der Waals surface area contributed by atoms with Crippen molar-refractivity contribution in [3.63, 3.8) is 0 Å². The van der Waals surface area contributed by atoms with Crippen molar-refractivity contribution in [2.24, 2.45) is 10.7 Å². The minimum Gasteiger partial charge on any atom is -0.444 e. The highest BCUT2D eigenvalue weighted by molar-refractivity contribution is 14.0. The van der Waals surface area contributed by atoms with Gasteiger partial charge in [0, 0.05) is 5.69 Å². The first kappa shape index (κ1) is 19.5. The van der Waals surface area contributed by atoms with E-state index in [-0.39, 0.29) is 24.0 Å². The fraction of sp³-hybridized carbons (Fsp3) is 0.412. The Labute approximate surface area is 154 Å². The van der Waals surface area contributed by atoms with E-state index >= 15 is 0 Å². The molecule has 0 aliphatic carbocycles. The number of anilines is 1. The standard InChI is InChI=1S/C17H24N4O.HI/c1-5-11(2)14-6-8-15(9-7-14)21-17(18)19-10-16-20-12(3)13(4)22-16;/h6-9,11H,5,10H2,1-4H3,(H3,18,19,21);1H. The van der Waals surface area contributed by atoms with Crippen LogP contribution in [-0.4, -0.2) is 10.9 Å². The van der Waals surface area contributed by atoms with Gasteiger partial charge >= 0.3 is 0 Å². The summed E-state index contributed by atoms with van der Waals surface area (Å²) in [6, 6.07) is 8.27. The van der Waals surface area contributed by atoms with Crippen LogP contribution in [-0.2, 0) is 6.54 Å². The van der Waals surface area contributed by atoms with Crippen LogP contribution in [0.4, 0.5) is 5.69 Å². The van der Waals surface area contributed by atoms with Crippen LogP contribution < -0.4 is 11.1 Å². The van der Waals surface area contributed by atoms with Crippen molar-refractivity contribution in [2.45, 2.75) is 46.6 Å². The Bertz CT molecular complexity index is 630. The summed E-state index contributed by atoms with van der Waals surface area (Å²) < 4.78 is 5.47. The first-order chi connectivity index (χ1) is 10.5. The lowest BCUT2D eigenvalue weighted by Crippen LogP contribution is -2.22. The Morgan fingerprint density at radius 1 is 1.30 bits per heavy atom. The van der Waals surface area contributed by atoms with Gasteiger partial charge in [0.25, 0.3) is 0 Å². The van der Waals surface area contributed by atoms with Crippen LogP contribution in [0.25, 0.3) is 0 Å². The van der Waals surface area contributed by atoms with Crippen molar-refractivity contribution in [1.29, 1.82) is 0 Å². The molecule has 6 heteroatoms. The maximum absolute atomic E-state index is 5.89. The van der Waals surface area contributed by atoms with E-state index in [1.54, 1.807) is 0 Å². The molecule has 1 aromatic carbocycles. The van der Waals surface area contributed by atoms with Gasteiger partial charge in [0.05, 0.1) is 5.69 Å². The lowest BCUT2D eigenvalue weighted by Gasteiger charge is -2.10. The summed E-state index contributed by atoms with van der Waals surface area (Å²) in [7, 11) is 0. The highest BCUT2D eigenvalue weighted by Gasteiger charge is 2.05. The van der Waals surface area contributed by atoms with E-state index in [1.807, 2.05) is 26.0 Å². The molecule has 1 atom stereocenters. The quantitative estimate of drug-likeness (QED) is 0.422. The van der Waals surface area contributed by atoms with Gasteiger partial charge in [-0.3, -0.25) is 0 Å². The van der Waals surface area contributed by atoms with Crippen molar-refractivity contribution in [3.8, 4) is 0 Å². The largest absolute Gasteiger partial charge is 0.444 e. The van der Waals surface area contributed by atoms with Gasteiger partial charge in [0.1, 0.15) is 12.3 Å². The molecular weight excluding hydrogens is 403 g/mol. The van der Waals surface area contributed by atoms with Crippen LogP contribution in [0, 0.1) is 13.8 Å². The lowest BCUT2D eigenvalue weighted by atomic mass is 9.99. The number of aromatic nitrogens is 1. The number of rotatable bonds is 5. The lowest BCUT2D eigenvalue weighted by molar-refractivity contribution is 0.473. The molecule has 2 aromatic rings. The molecule has 0 saturated heterocycles. The summed E-state index contributed by atoms with van der Waals surface area (Å²) >= 11 is 0. The van der Waals surface area contributed by atoms with Crippen LogP contribution in [0.3, 0.4) is 0 Å². The Balaban J connectivity index is 0.00000264. The number of aliphatic imine (C=N–C) groups is 1. The van der Waals surface area contributed by atoms with Crippen LogP contribution in [0.5, 0.6) is 0 Å². The monoisotopic (exact) mass is 428 g/mol. The molecule has 1 heterocycles. The van der Waals surface area contributed by atoms with E-state index in [4.69, 9.17) is 10.2 Å². The van der Waals surface area contributed by atoms with E-state index in [0.29, 0.717) is 24.3 Å². The summed E-state index contributed by atoms with van der Waals surface area (Å²) in [6.45, 7) is 8.53. The van der Waals surface area contributed by atoms with E-state index in [0.717, 1.165) is 23.6 Å². The van der Waals surface area contributed by atoms with Gasteiger partial charge in [-0.2, -0.15) is 0 Å². The molecule has 0 aliphatic heterocycles. The Morgan fingerprint density at radius 2 is 1.96 bits per heavy atom. The molecule has 1 aromatic heterocycles. The Kier molecular flexibility index (Phi) is 7.54. The number of nitrogens with two attached hydrogens (primary N) is 1. The van der Waals surface area contributed by atoms with Crippen LogP contribution in [0.15, 0.2) is 33.7 Å². The number of aryl methyl sites for hydroxylation is 2. The third-order valence-electron chi connectivity index (χ3n) is 3.82. The Hall–Kier alpha value is -1.57. The summed E-state index contributed by atoms with van der Waals surface area (Å²) in [5, 5.41) is 3.08. The highest BCUT2D eigenvalue weighted by atomic mass is 127. The van der Waals surface area contributed by atoms with Gasteiger partial charge in [0.2, 0.25) is 5.89 Å². The number of oxazole rings is 1. The van der Waals surface area contributed by atoms with E-state index in [9.17, 15) is 0 Å². The fourth-order valence-corrected chi connectivity index (χ4v) is 2.08. The average Bonchev–Trinajstić information content (AvgIpc) is 2.84. The van der Waals surface area contributed by atoms with Gasteiger partial charge in [-0.15, -0.1) is 24.0 Å². The van der Waals surface area contributed by atoms with Crippen LogP contribution in [0.2, 0.25) is 0 Å². The summed E-state index contributed by atoms with van der Waals surface area (Å²) in [5.74, 6) is 2.31. The zero-order valence-corrected chi connectivity index (χ0v) is 16.4. The third kappa shape index (κ3) is 5.53. The predicted molar refractivity (Wildman–Crippen MR) is 105 cm³/mol. The maximum atomic E-state index is 5.89. The normalized spacial score (nSPS) is 12.6. The molecule has 23 heavy (non-hydrogen) atoms. The molecule has 3 N–H and O–H groups in total. The summed E-state index contributed by atoms with van der Waals surface area (Å²) in [4.78, 5) is 8.52. The molecule has 126 valence electrons. The molecule has 0 aliphatic rings. The van der Waals surface area contributed by atoms with Crippen molar-refractivity contribution < 1.29 is 4.42 Å². The second-order valence-corrected chi connectivity index (χ2v) is 5.51. The van der Waals surface area contributed by atoms with Crippen molar-refractivity contribution in [1.82, 2.24) is 4.98 Å².